The fourth-order valence-corrected chi connectivity index (χ4v) is 2.56. The Morgan fingerprint density at radius 3 is 2.68 bits per heavy atom. The molecule has 0 unspecified atom stereocenters. The zero-order valence-electron chi connectivity index (χ0n) is 15.7. The molecule has 0 amide bonds. The van der Waals surface area contributed by atoms with Crippen LogP contribution in [0.2, 0.25) is 0 Å². The Bertz CT molecular complexity index is 663. The Kier molecular flexibility index (Phi) is 7.32. The highest BCUT2D eigenvalue weighted by Crippen LogP contribution is 2.12. The fourth-order valence-electron chi connectivity index (χ4n) is 2.56. The van der Waals surface area contributed by atoms with Crippen molar-refractivity contribution in [3.63, 3.8) is 0 Å². The first-order valence-corrected chi connectivity index (χ1v) is 8.73. The van der Waals surface area contributed by atoms with Gasteiger partial charge in [-0.2, -0.15) is 5.10 Å². The summed E-state index contributed by atoms with van der Waals surface area (Å²) in [4.78, 5) is 6.87. The number of aryl methyl sites for hydroxylation is 2. The molecule has 1 aromatic heterocycles. The number of aliphatic imine (C=N–C) groups is 1. The summed E-state index contributed by atoms with van der Waals surface area (Å²) in [6.45, 7) is 7.45. The van der Waals surface area contributed by atoms with Crippen molar-refractivity contribution in [1.29, 1.82) is 0 Å². The molecule has 2 rings (SSSR count). The van der Waals surface area contributed by atoms with Crippen LogP contribution in [0.3, 0.4) is 0 Å². The first-order valence-electron chi connectivity index (χ1n) is 8.73. The Morgan fingerprint density at radius 1 is 1.32 bits per heavy atom. The average molecular weight is 343 g/mol. The summed E-state index contributed by atoms with van der Waals surface area (Å²) in [7, 11) is 3.74. The van der Waals surface area contributed by atoms with Gasteiger partial charge in [0.1, 0.15) is 5.75 Å². The summed E-state index contributed by atoms with van der Waals surface area (Å²) in [5.74, 6) is 1.80. The van der Waals surface area contributed by atoms with E-state index in [0.717, 1.165) is 44.3 Å². The molecular weight excluding hydrogens is 314 g/mol. The van der Waals surface area contributed by atoms with Gasteiger partial charge in [0.25, 0.3) is 0 Å². The monoisotopic (exact) mass is 343 g/mol. The van der Waals surface area contributed by atoms with Gasteiger partial charge in [-0.15, -0.1) is 0 Å². The molecule has 0 radical (unpaired) electrons. The second kappa shape index (κ2) is 9.71. The molecule has 0 saturated heterocycles. The van der Waals surface area contributed by atoms with Crippen molar-refractivity contribution in [1.82, 2.24) is 20.0 Å². The third kappa shape index (κ3) is 6.14. The highest BCUT2D eigenvalue weighted by Gasteiger charge is 2.06. The summed E-state index contributed by atoms with van der Waals surface area (Å²) in [6, 6.07) is 8.14. The maximum absolute atomic E-state index is 5.21. The van der Waals surface area contributed by atoms with Gasteiger partial charge in [0.2, 0.25) is 0 Å². The van der Waals surface area contributed by atoms with Crippen molar-refractivity contribution >= 4 is 5.96 Å². The molecule has 6 heteroatoms. The normalized spacial score (nSPS) is 11.4. The third-order valence-corrected chi connectivity index (χ3v) is 3.84. The SMILES string of the molecule is CCNC(=NCCCn1cc(C)cn1)N(C)Cc1ccc(OC)cc1. The van der Waals surface area contributed by atoms with E-state index in [2.05, 4.69) is 54.5 Å². The fraction of sp³-hybridized carbons (Fsp3) is 0.474. The zero-order chi connectivity index (χ0) is 18.1. The predicted octanol–water partition coefficient (Wildman–Crippen LogP) is 2.69. The largest absolute Gasteiger partial charge is 0.497 e. The number of nitrogens with zero attached hydrogens (tertiary/aromatic N) is 4. The maximum Gasteiger partial charge on any atom is 0.193 e. The highest BCUT2D eigenvalue weighted by atomic mass is 16.5. The van der Waals surface area contributed by atoms with Gasteiger partial charge in [-0.25, -0.2) is 0 Å². The third-order valence-electron chi connectivity index (χ3n) is 3.84. The van der Waals surface area contributed by atoms with Gasteiger partial charge in [0.05, 0.1) is 13.3 Å². The van der Waals surface area contributed by atoms with E-state index in [1.807, 2.05) is 23.0 Å². The van der Waals surface area contributed by atoms with E-state index in [4.69, 9.17) is 9.73 Å². The lowest BCUT2D eigenvalue weighted by Crippen LogP contribution is -2.38. The van der Waals surface area contributed by atoms with E-state index in [1.54, 1.807) is 7.11 Å². The molecule has 0 bridgehead atoms. The van der Waals surface area contributed by atoms with Crippen LogP contribution in [0.1, 0.15) is 24.5 Å². The number of rotatable bonds is 8. The van der Waals surface area contributed by atoms with Crippen LogP contribution in [0.4, 0.5) is 0 Å². The number of methoxy groups -OCH3 is 1. The minimum Gasteiger partial charge on any atom is -0.497 e. The molecule has 136 valence electrons. The Hall–Kier alpha value is -2.50. The van der Waals surface area contributed by atoms with Crippen LogP contribution in [-0.4, -0.2) is 47.9 Å². The quantitative estimate of drug-likeness (QED) is 0.455. The smallest absolute Gasteiger partial charge is 0.193 e. The molecule has 0 atom stereocenters. The summed E-state index contributed by atoms with van der Waals surface area (Å²) < 4.78 is 7.18. The Labute approximate surface area is 150 Å². The second-order valence-electron chi connectivity index (χ2n) is 6.07. The minimum atomic E-state index is 0.772. The molecule has 0 aliphatic rings. The summed E-state index contributed by atoms with van der Waals surface area (Å²) in [5.41, 5.74) is 2.41. The molecule has 0 aliphatic carbocycles. The van der Waals surface area contributed by atoms with Crippen LogP contribution < -0.4 is 10.1 Å². The van der Waals surface area contributed by atoms with Crippen LogP contribution in [0, 0.1) is 6.92 Å². The predicted molar refractivity (Wildman–Crippen MR) is 102 cm³/mol. The van der Waals surface area contributed by atoms with Gasteiger partial charge >= 0.3 is 0 Å². The van der Waals surface area contributed by atoms with Crippen molar-refractivity contribution in [2.75, 3.05) is 27.2 Å². The molecule has 0 saturated carbocycles. The highest BCUT2D eigenvalue weighted by molar-refractivity contribution is 5.79. The Morgan fingerprint density at radius 2 is 2.08 bits per heavy atom. The first kappa shape index (κ1) is 18.8. The van der Waals surface area contributed by atoms with Crippen LogP contribution in [0.15, 0.2) is 41.7 Å². The number of aromatic nitrogens is 2. The van der Waals surface area contributed by atoms with E-state index in [9.17, 15) is 0 Å². The summed E-state index contributed by atoms with van der Waals surface area (Å²) >= 11 is 0. The van der Waals surface area contributed by atoms with E-state index in [0.29, 0.717) is 0 Å². The maximum atomic E-state index is 5.21. The minimum absolute atomic E-state index is 0.772. The summed E-state index contributed by atoms with van der Waals surface area (Å²) in [5, 5.41) is 7.66. The van der Waals surface area contributed by atoms with Gasteiger partial charge in [-0.05, 0) is 43.5 Å². The van der Waals surface area contributed by atoms with Crippen LogP contribution in [0.25, 0.3) is 0 Å². The van der Waals surface area contributed by atoms with Gasteiger partial charge < -0.3 is 15.0 Å². The molecular formula is C19H29N5O. The average Bonchev–Trinajstić information content (AvgIpc) is 3.03. The van der Waals surface area contributed by atoms with Crippen LogP contribution >= 0.6 is 0 Å². The number of nitrogens with one attached hydrogen (secondary N) is 1. The van der Waals surface area contributed by atoms with Gasteiger partial charge in [-0.1, -0.05) is 12.1 Å². The second-order valence-corrected chi connectivity index (χ2v) is 6.07. The van der Waals surface area contributed by atoms with Crippen molar-refractivity contribution in [3.05, 3.63) is 47.8 Å². The zero-order valence-corrected chi connectivity index (χ0v) is 15.7. The van der Waals surface area contributed by atoms with Gasteiger partial charge in [-0.3, -0.25) is 9.67 Å². The number of hydrogen-bond acceptors (Lipinski definition) is 3. The molecule has 1 N–H and O–H groups in total. The van der Waals surface area contributed by atoms with Crippen molar-refractivity contribution < 1.29 is 4.74 Å². The molecule has 0 fully saturated rings. The molecule has 0 aliphatic heterocycles. The van der Waals surface area contributed by atoms with Crippen LogP contribution in [0.5, 0.6) is 5.75 Å². The van der Waals surface area contributed by atoms with Crippen LogP contribution in [-0.2, 0) is 13.1 Å². The van der Waals surface area contributed by atoms with Crippen molar-refractivity contribution in [2.45, 2.75) is 33.4 Å². The Balaban J connectivity index is 1.87. The standard InChI is InChI=1S/C19H29N5O/c1-5-20-19(21-11-6-12-24-14-16(2)13-22-24)23(3)15-17-7-9-18(25-4)10-8-17/h7-10,13-14H,5-6,11-12,15H2,1-4H3,(H,20,21). The van der Waals surface area contributed by atoms with Crippen molar-refractivity contribution in [3.8, 4) is 5.75 Å². The lowest BCUT2D eigenvalue weighted by atomic mass is 10.2. The van der Waals surface area contributed by atoms with E-state index < -0.39 is 0 Å². The number of benzene rings is 1. The lowest BCUT2D eigenvalue weighted by Gasteiger charge is -2.22. The molecule has 2 aromatic rings. The molecule has 1 aromatic carbocycles. The molecule has 6 nitrogen and oxygen atoms in total. The van der Waals surface area contributed by atoms with Gasteiger partial charge in [0.15, 0.2) is 5.96 Å². The number of hydrogen-bond donors (Lipinski definition) is 1. The number of guanidine groups is 1. The molecule has 1 heterocycles. The molecule has 0 spiro atoms. The molecule has 25 heavy (non-hydrogen) atoms. The van der Waals surface area contributed by atoms with E-state index in [1.165, 1.54) is 11.1 Å². The lowest BCUT2D eigenvalue weighted by molar-refractivity contribution is 0.414. The van der Waals surface area contributed by atoms with E-state index >= 15 is 0 Å². The van der Waals surface area contributed by atoms with Crippen molar-refractivity contribution in [2.24, 2.45) is 4.99 Å². The summed E-state index contributed by atoms with van der Waals surface area (Å²) in [6.07, 6.45) is 4.91. The number of ether oxygens (including phenoxy) is 1. The van der Waals surface area contributed by atoms with Gasteiger partial charge in [0, 0.05) is 39.4 Å². The topological polar surface area (TPSA) is 54.7 Å². The van der Waals surface area contributed by atoms with E-state index in [-0.39, 0.29) is 0 Å². The first-order chi connectivity index (χ1) is 12.1.